The van der Waals surface area contributed by atoms with Crippen molar-refractivity contribution in [1.82, 2.24) is 10.6 Å². The highest BCUT2D eigenvalue weighted by Crippen LogP contribution is 2.31. The van der Waals surface area contributed by atoms with E-state index in [1.807, 2.05) is 13.8 Å². The molecule has 0 heterocycles. The van der Waals surface area contributed by atoms with Gasteiger partial charge in [-0.15, -0.1) is 0 Å². The maximum atomic E-state index is 12.9. The number of rotatable bonds is 7. The topological polar surface area (TPSA) is 78.4 Å². The SMILES string of the molecule is CC(C)CC(CO)NC(=O)CNC(=O)c1ccccc1C(F)(F)F. The Morgan fingerprint density at radius 1 is 1.21 bits per heavy atom. The molecule has 5 nitrogen and oxygen atoms in total. The average molecular weight is 346 g/mol. The van der Waals surface area contributed by atoms with Crippen LogP contribution in [0.5, 0.6) is 0 Å². The van der Waals surface area contributed by atoms with Gasteiger partial charge in [0.1, 0.15) is 0 Å². The number of alkyl halides is 3. The molecule has 8 heteroatoms. The van der Waals surface area contributed by atoms with Gasteiger partial charge in [0, 0.05) is 0 Å². The summed E-state index contributed by atoms with van der Waals surface area (Å²) in [6.07, 6.45) is -4.11. The maximum absolute atomic E-state index is 12.9. The van der Waals surface area contributed by atoms with Crippen LogP contribution in [0, 0.1) is 5.92 Å². The summed E-state index contributed by atoms with van der Waals surface area (Å²) in [5.41, 5.74) is -1.60. The monoisotopic (exact) mass is 346 g/mol. The molecule has 0 aliphatic rings. The minimum Gasteiger partial charge on any atom is -0.394 e. The van der Waals surface area contributed by atoms with Gasteiger partial charge in [-0.2, -0.15) is 13.2 Å². The first-order valence-corrected chi connectivity index (χ1v) is 7.49. The summed E-state index contributed by atoms with van der Waals surface area (Å²) in [4.78, 5) is 23.7. The predicted octanol–water partition coefficient (Wildman–Crippen LogP) is 1.96. The summed E-state index contributed by atoms with van der Waals surface area (Å²) in [6, 6.07) is 3.89. The molecule has 0 saturated carbocycles. The van der Waals surface area contributed by atoms with E-state index in [1.54, 1.807) is 0 Å². The Morgan fingerprint density at radius 3 is 2.38 bits per heavy atom. The minimum atomic E-state index is -4.66. The van der Waals surface area contributed by atoms with Gasteiger partial charge < -0.3 is 15.7 Å². The highest BCUT2D eigenvalue weighted by Gasteiger charge is 2.34. The second-order valence-electron chi connectivity index (χ2n) is 5.80. The Labute approximate surface area is 138 Å². The molecule has 1 aromatic rings. The van der Waals surface area contributed by atoms with Gasteiger partial charge in [0.15, 0.2) is 0 Å². The quantitative estimate of drug-likeness (QED) is 0.706. The Hall–Kier alpha value is -2.09. The molecule has 0 aliphatic heterocycles. The lowest BCUT2D eigenvalue weighted by Gasteiger charge is -2.18. The van der Waals surface area contributed by atoms with Crippen molar-refractivity contribution in [3.05, 3.63) is 35.4 Å². The molecule has 134 valence electrons. The third kappa shape index (κ3) is 6.19. The number of halogens is 3. The molecule has 1 unspecified atom stereocenters. The first-order chi connectivity index (χ1) is 11.1. The van der Waals surface area contributed by atoms with Crippen molar-refractivity contribution in [2.75, 3.05) is 13.2 Å². The second kappa shape index (κ2) is 8.68. The molecular weight excluding hydrogens is 325 g/mol. The number of carbonyl (C=O) groups excluding carboxylic acids is 2. The normalized spacial score (nSPS) is 12.8. The molecule has 0 aromatic heterocycles. The number of benzene rings is 1. The van der Waals surface area contributed by atoms with E-state index < -0.39 is 41.7 Å². The second-order valence-corrected chi connectivity index (χ2v) is 5.80. The van der Waals surface area contributed by atoms with Crippen LogP contribution >= 0.6 is 0 Å². The third-order valence-corrected chi connectivity index (χ3v) is 3.23. The molecule has 0 fully saturated rings. The lowest BCUT2D eigenvalue weighted by molar-refractivity contribution is -0.137. The van der Waals surface area contributed by atoms with Crippen LogP contribution in [-0.2, 0) is 11.0 Å². The van der Waals surface area contributed by atoms with Crippen molar-refractivity contribution in [3.63, 3.8) is 0 Å². The molecule has 1 atom stereocenters. The third-order valence-electron chi connectivity index (χ3n) is 3.23. The molecule has 0 bridgehead atoms. The molecule has 1 aromatic carbocycles. The Balaban J connectivity index is 2.65. The van der Waals surface area contributed by atoms with Crippen LogP contribution < -0.4 is 10.6 Å². The van der Waals surface area contributed by atoms with Crippen LogP contribution in [0.2, 0.25) is 0 Å². The van der Waals surface area contributed by atoms with Gasteiger partial charge in [-0.3, -0.25) is 9.59 Å². The van der Waals surface area contributed by atoms with Gasteiger partial charge in [-0.1, -0.05) is 26.0 Å². The highest BCUT2D eigenvalue weighted by atomic mass is 19.4. The molecule has 2 amide bonds. The smallest absolute Gasteiger partial charge is 0.394 e. The average Bonchev–Trinajstić information content (AvgIpc) is 2.50. The number of hydrogen-bond acceptors (Lipinski definition) is 3. The van der Waals surface area contributed by atoms with E-state index in [9.17, 15) is 27.9 Å². The number of aliphatic hydroxyl groups excluding tert-OH is 1. The summed E-state index contributed by atoms with van der Waals surface area (Å²) in [5, 5.41) is 13.9. The summed E-state index contributed by atoms with van der Waals surface area (Å²) < 4.78 is 38.6. The van der Waals surface area contributed by atoms with Crippen LogP contribution in [0.4, 0.5) is 13.2 Å². The standard InChI is InChI=1S/C16H21F3N2O3/c1-10(2)7-11(9-22)21-14(23)8-20-15(24)12-5-3-4-6-13(12)16(17,18)19/h3-6,10-11,22H,7-9H2,1-2H3,(H,20,24)(H,21,23). The fourth-order valence-corrected chi connectivity index (χ4v) is 2.21. The molecule has 1 rings (SSSR count). The van der Waals surface area contributed by atoms with E-state index >= 15 is 0 Å². The van der Waals surface area contributed by atoms with Crippen LogP contribution in [0.15, 0.2) is 24.3 Å². The van der Waals surface area contributed by atoms with Crippen LogP contribution in [0.1, 0.15) is 36.2 Å². The fourth-order valence-electron chi connectivity index (χ4n) is 2.21. The summed E-state index contributed by atoms with van der Waals surface area (Å²) >= 11 is 0. The molecule has 0 spiro atoms. The molecule has 24 heavy (non-hydrogen) atoms. The minimum absolute atomic E-state index is 0.246. The number of hydrogen-bond donors (Lipinski definition) is 3. The van der Waals surface area contributed by atoms with E-state index in [0.717, 1.165) is 12.1 Å². The van der Waals surface area contributed by atoms with Gasteiger partial charge in [0.25, 0.3) is 5.91 Å². The lowest BCUT2D eigenvalue weighted by Crippen LogP contribution is -2.44. The van der Waals surface area contributed by atoms with E-state index in [4.69, 9.17) is 0 Å². The summed E-state index contributed by atoms with van der Waals surface area (Å²) in [7, 11) is 0. The van der Waals surface area contributed by atoms with E-state index in [2.05, 4.69) is 10.6 Å². The van der Waals surface area contributed by atoms with Crippen molar-refractivity contribution in [1.29, 1.82) is 0 Å². The van der Waals surface area contributed by atoms with Crippen molar-refractivity contribution < 1.29 is 27.9 Å². The van der Waals surface area contributed by atoms with Crippen molar-refractivity contribution in [2.24, 2.45) is 5.92 Å². The number of carbonyl (C=O) groups is 2. The predicted molar refractivity (Wildman–Crippen MR) is 82.2 cm³/mol. The molecular formula is C16H21F3N2O3. The van der Waals surface area contributed by atoms with E-state index in [0.29, 0.717) is 6.42 Å². The molecule has 0 aliphatic carbocycles. The van der Waals surface area contributed by atoms with E-state index in [1.165, 1.54) is 12.1 Å². The van der Waals surface area contributed by atoms with Crippen molar-refractivity contribution >= 4 is 11.8 Å². The highest BCUT2D eigenvalue weighted by molar-refractivity contribution is 5.97. The summed E-state index contributed by atoms with van der Waals surface area (Å²) in [6.45, 7) is 3.11. The van der Waals surface area contributed by atoms with Gasteiger partial charge in [-0.05, 0) is 24.5 Å². The van der Waals surface area contributed by atoms with E-state index in [-0.39, 0.29) is 12.5 Å². The van der Waals surface area contributed by atoms with Crippen LogP contribution in [-0.4, -0.2) is 36.1 Å². The number of aliphatic hydroxyl groups is 1. The molecule has 3 N–H and O–H groups in total. The first kappa shape index (κ1) is 20.0. The fraction of sp³-hybridized carbons (Fsp3) is 0.500. The maximum Gasteiger partial charge on any atom is 0.417 e. The summed E-state index contributed by atoms with van der Waals surface area (Å²) in [5.74, 6) is -1.31. The first-order valence-electron chi connectivity index (χ1n) is 7.49. The van der Waals surface area contributed by atoms with Gasteiger partial charge in [0.2, 0.25) is 5.91 Å². The largest absolute Gasteiger partial charge is 0.417 e. The van der Waals surface area contributed by atoms with Gasteiger partial charge >= 0.3 is 6.18 Å². The molecule has 0 saturated heterocycles. The Kier molecular flexibility index (Phi) is 7.21. The zero-order valence-electron chi connectivity index (χ0n) is 13.5. The van der Waals surface area contributed by atoms with Gasteiger partial charge in [0.05, 0.1) is 30.3 Å². The zero-order chi connectivity index (χ0) is 18.3. The number of nitrogens with one attached hydrogen (secondary N) is 2. The van der Waals surface area contributed by atoms with Crippen LogP contribution in [0.25, 0.3) is 0 Å². The van der Waals surface area contributed by atoms with Crippen molar-refractivity contribution in [2.45, 2.75) is 32.5 Å². The zero-order valence-corrected chi connectivity index (χ0v) is 13.5. The molecule has 0 radical (unpaired) electrons. The van der Waals surface area contributed by atoms with Gasteiger partial charge in [-0.25, -0.2) is 0 Å². The Morgan fingerprint density at radius 2 is 1.83 bits per heavy atom. The number of amides is 2. The lowest BCUT2D eigenvalue weighted by atomic mass is 10.0. The Bertz CT molecular complexity index is 574. The van der Waals surface area contributed by atoms with Crippen molar-refractivity contribution in [3.8, 4) is 0 Å². The van der Waals surface area contributed by atoms with Crippen LogP contribution in [0.3, 0.4) is 0 Å².